The average Bonchev–Trinajstić information content (AvgIpc) is 2.25. The first-order valence-electron chi connectivity index (χ1n) is 6.13. The molecule has 18 heavy (non-hydrogen) atoms. The minimum atomic E-state index is -2.63. The lowest BCUT2D eigenvalue weighted by atomic mass is 10.3. The standard InChI is InChI=1S/C12H24O5Si/c1-7-15-18(6,16-8-2)17-11(5)9-14-12(13)10(3)4/h11H,3,7-9H2,1-2,4-6H3. The number of hydrogen-bond donors (Lipinski definition) is 0. The van der Waals surface area contributed by atoms with Gasteiger partial charge in [0.15, 0.2) is 0 Å². The van der Waals surface area contributed by atoms with Gasteiger partial charge in [0.25, 0.3) is 0 Å². The third kappa shape index (κ3) is 6.90. The molecule has 0 spiro atoms. The van der Waals surface area contributed by atoms with E-state index in [4.69, 9.17) is 18.0 Å². The van der Waals surface area contributed by atoms with Crippen molar-refractivity contribution in [3.63, 3.8) is 0 Å². The topological polar surface area (TPSA) is 54.0 Å². The number of rotatable bonds is 9. The van der Waals surface area contributed by atoms with Gasteiger partial charge in [0, 0.05) is 25.3 Å². The van der Waals surface area contributed by atoms with Crippen LogP contribution in [0.2, 0.25) is 6.55 Å². The molecule has 0 radical (unpaired) electrons. The second kappa shape index (κ2) is 8.42. The van der Waals surface area contributed by atoms with Crippen LogP contribution in [-0.4, -0.2) is 40.7 Å². The first kappa shape index (κ1) is 17.3. The van der Waals surface area contributed by atoms with Crippen LogP contribution in [0.1, 0.15) is 27.7 Å². The molecule has 0 N–H and O–H groups in total. The molecule has 0 saturated heterocycles. The minimum absolute atomic E-state index is 0.161. The monoisotopic (exact) mass is 276 g/mol. The molecule has 0 aromatic rings. The van der Waals surface area contributed by atoms with E-state index in [0.29, 0.717) is 18.8 Å². The van der Waals surface area contributed by atoms with E-state index in [9.17, 15) is 4.79 Å². The van der Waals surface area contributed by atoms with E-state index in [1.54, 1.807) is 6.92 Å². The van der Waals surface area contributed by atoms with Gasteiger partial charge in [-0.15, -0.1) is 0 Å². The fraction of sp³-hybridized carbons (Fsp3) is 0.750. The van der Waals surface area contributed by atoms with E-state index in [1.807, 2.05) is 27.3 Å². The highest BCUT2D eigenvalue weighted by Gasteiger charge is 2.36. The molecular weight excluding hydrogens is 252 g/mol. The molecule has 106 valence electrons. The van der Waals surface area contributed by atoms with Gasteiger partial charge < -0.3 is 18.0 Å². The molecule has 0 aromatic heterocycles. The largest absolute Gasteiger partial charge is 0.498 e. The van der Waals surface area contributed by atoms with Crippen LogP contribution in [0.15, 0.2) is 12.2 Å². The Hall–Kier alpha value is -0.693. The summed E-state index contributed by atoms with van der Waals surface area (Å²) in [5.74, 6) is -0.415. The highest BCUT2D eigenvalue weighted by molar-refractivity contribution is 6.59. The number of ether oxygens (including phenoxy) is 1. The molecule has 1 unspecified atom stereocenters. The van der Waals surface area contributed by atoms with Crippen molar-refractivity contribution in [1.29, 1.82) is 0 Å². The number of carbonyl (C=O) groups is 1. The summed E-state index contributed by atoms with van der Waals surface area (Å²) in [5.41, 5.74) is 0.372. The Kier molecular flexibility index (Phi) is 8.09. The molecule has 0 aliphatic heterocycles. The van der Waals surface area contributed by atoms with Crippen molar-refractivity contribution in [3.05, 3.63) is 12.2 Å². The highest BCUT2D eigenvalue weighted by Crippen LogP contribution is 2.12. The normalized spacial score (nSPS) is 13.2. The van der Waals surface area contributed by atoms with Crippen LogP contribution in [0, 0.1) is 0 Å². The van der Waals surface area contributed by atoms with Gasteiger partial charge in [0.05, 0.1) is 6.10 Å². The van der Waals surface area contributed by atoms with Gasteiger partial charge in [-0.25, -0.2) is 4.79 Å². The number of hydrogen-bond acceptors (Lipinski definition) is 5. The van der Waals surface area contributed by atoms with Crippen molar-refractivity contribution in [2.24, 2.45) is 0 Å². The minimum Gasteiger partial charge on any atom is -0.460 e. The molecule has 1 atom stereocenters. The lowest BCUT2D eigenvalue weighted by molar-refractivity contribution is -0.142. The van der Waals surface area contributed by atoms with Crippen LogP contribution in [0.3, 0.4) is 0 Å². The van der Waals surface area contributed by atoms with Gasteiger partial charge in [-0.1, -0.05) is 6.58 Å². The Labute approximate surface area is 110 Å². The van der Waals surface area contributed by atoms with Gasteiger partial charge in [-0.3, -0.25) is 0 Å². The Balaban J connectivity index is 4.21. The number of esters is 1. The smallest absolute Gasteiger partial charge is 0.460 e. The second-order valence-electron chi connectivity index (χ2n) is 4.04. The van der Waals surface area contributed by atoms with Crippen molar-refractivity contribution in [2.75, 3.05) is 19.8 Å². The predicted octanol–water partition coefficient (Wildman–Crippen LogP) is 2.15. The average molecular weight is 276 g/mol. The van der Waals surface area contributed by atoms with E-state index in [2.05, 4.69) is 6.58 Å². The first-order valence-corrected chi connectivity index (χ1v) is 8.35. The Bertz CT molecular complexity index is 274. The summed E-state index contributed by atoms with van der Waals surface area (Å²) in [6.07, 6.45) is -0.275. The Morgan fingerprint density at radius 3 is 2.17 bits per heavy atom. The summed E-state index contributed by atoms with van der Waals surface area (Å²) in [6, 6.07) is 0. The maximum absolute atomic E-state index is 11.2. The van der Waals surface area contributed by atoms with Crippen LogP contribution >= 0.6 is 0 Å². The van der Waals surface area contributed by atoms with E-state index in [1.165, 1.54) is 0 Å². The molecule has 0 aromatic carbocycles. The van der Waals surface area contributed by atoms with Gasteiger partial charge in [-0.05, 0) is 27.7 Å². The molecule has 0 amide bonds. The van der Waals surface area contributed by atoms with Crippen molar-refractivity contribution in [3.8, 4) is 0 Å². The van der Waals surface area contributed by atoms with E-state index >= 15 is 0 Å². The molecule has 0 fully saturated rings. The summed E-state index contributed by atoms with van der Waals surface area (Å²) in [6.45, 7) is 13.8. The molecule has 0 aliphatic rings. The van der Waals surface area contributed by atoms with E-state index < -0.39 is 14.8 Å². The Morgan fingerprint density at radius 1 is 1.28 bits per heavy atom. The number of carbonyl (C=O) groups excluding carboxylic acids is 1. The quantitative estimate of drug-likeness (QED) is 0.367. The zero-order valence-electron chi connectivity index (χ0n) is 11.9. The molecule has 6 heteroatoms. The van der Waals surface area contributed by atoms with Crippen LogP contribution in [0.5, 0.6) is 0 Å². The van der Waals surface area contributed by atoms with Crippen molar-refractivity contribution < 1.29 is 22.8 Å². The lowest BCUT2D eigenvalue weighted by Gasteiger charge is -2.28. The molecule has 0 rings (SSSR count). The fourth-order valence-electron chi connectivity index (χ4n) is 1.35. The molecular formula is C12H24O5Si. The zero-order valence-corrected chi connectivity index (χ0v) is 12.9. The molecule has 0 aliphatic carbocycles. The summed E-state index contributed by atoms with van der Waals surface area (Å²) >= 11 is 0. The summed E-state index contributed by atoms with van der Waals surface area (Å²) in [4.78, 5) is 11.2. The van der Waals surface area contributed by atoms with Gasteiger partial charge in [0.2, 0.25) is 0 Å². The van der Waals surface area contributed by atoms with Crippen molar-refractivity contribution in [2.45, 2.75) is 40.3 Å². The van der Waals surface area contributed by atoms with Crippen molar-refractivity contribution >= 4 is 14.8 Å². The van der Waals surface area contributed by atoms with Gasteiger partial charge in [-0.2, -0.15) is 0 Å². The third-order valence-electron chi connectivity index (χ3n) is 2.03. The molecule has 0 heterocycles. The fourth-order valence-corrected chi connectivity index (χ4v) is 3.42. The van der Waals surface area contributed by atoms with Crippen LogP contribution < -0.4 is 0 Å². The van der Waals surface area contributed by atoms with Crippen molar-refractivity contribution in [1.82, 2.24) is 0 Å². The van der Waals surface area contributed by atoms with Gasteiger partial charge >= 0.3 is 14.8 Å². The first-order chi connectivity index (χ1) is 8.34. The molecule has 5 nitrogen and oxygen atoms in total. The third-order valence-corrected chi connectivity index (χ3v) is 4.48. The highest BCUT2D eigenvalue weighted by atomic mass is 28.4. The maximum atomic E-state index is 11.2. The van der Waals surface area contributed by atoms with E-state index in [0.717, 1.165) is 0 Å². The lowest BCUT2D eigenvalue weighted by Crippen LogP contribution is -2.46. The van der Waals surface area contributed by atoms with E-state index in [-0.39, 0.29) is 12.7 Å². The summed E-state index contributed by atoms with van der Waals surface area (Å²) in [7, 11) is -2.63. The molecule has 0 bridgehead atoms. The van der Waals surface area contributed by atoms with Crippen LogP contribution in [0.25, 0.3) is 0 Å². The van der Waals surface area contributed by atoms with Gasteiger partial charge in [0.1, 0.15) is 6.61 Å². The SMILES string of the molecule is C=C(C)C(=O)OCC(C)O[Si](C)(OCC)OCC. The Morgan fingerprint density at radius 2 is 1.78 bits per heavy atom. The predicted molar refractivity (Wildman–Crippen MR) is 71.2 cm³/mol. The summed E-state index contributed by atoms with van der Waals surface area (Å²) in [5, 5.41) is 0. The maximum Gasteiger partial charge on any atom is 0.498 e. The second-order valence-corrected chi connectivity index (χ2v) is 6.57. The van der Waals surface area contributed by atoms with Crippen LogP contribution in [-0.2, 0) is 22.8 Å². The summed E-state index contributed by atoms with van der Waals surface area (Å²) < 4.78 is 21.8. The molecule has 0 saturated carbocycles. The zero-order chi connectivity index (χ0) is 14.2. The van der Waals surface area contributed by atoms with Crippen LogP contribution in [0.4, 0.5) is 0 Å².